The van der Waals surface area contributed by atoms with Crippen LogP contribution in [0, 0.1) is 0 Å². The molecule has 0 spiro atoms. The van der Waals surface area contributed by atoms with E-state index in [0.29, 0.717) is 38.5 Å². The molecule has 6 aromatic carbocycles. The summed E-state index contributed by atoms with van der Waals surface area (Å²) in [4.78, 5) is 0. The smallest absolute Gasteiger partial charge is 0.125 e. The molecule has 0 aliphatic heterocycles. The first-order valence-electron chi connectivity index (χ1n) is 18.4. The zero-order valence-corrected chi connectivity index (χ0v) is 32.1. The Morgan fingerprint density at radius 2 is 0.333 bits per heavy atom. The number of hydrogen-bond donors (Lipinski definition) is 0. The van der Waals surface area contributed by atoms with Crippen LogP contribution < -0.4 is 28.4 Å². The van der Waals surface area contributed by atoms with Crippen molar-refractivity contribution in [1.82, 2.24) is 0 Å². The zero-order chi connectivity index (χ0) is 37.6. The van der Waals surface area contributed by atoms with Gasteiger partial charge in [0, 0.05) is 38.5 Å². The first-order chi connectivity index (χ1) is 26.5. The maximum Gasteiger partial charge on any atom is 0.125 e. The van der Waals surface area contributed by atoms with Crippen LogP contribution in [0.3, 0.4) is 0 Å². The zero-order valence-electron chi connectivity index (χ0n) is 32.1. The SMILES string of the molecule is COc1c2cccc1Cc1cccc(c1OC)Cc1cccc(c1OC)Cc1cccc(c1OC)Cc1cccc(c1OC)Cc1cccc(c1OC)C2. The maximum atomic E-state index is 6.16. The quantitative estimate of drug-likeness (QED) is 0.171. The van der Waals surface area contributed by atoms with Crippen molar-refractivity contribution in [2.75, 3.05) is 42.7 Å². The average molecular weight is 721 g/mol. The van der Waals surface area contributed by atoms with E-state index in [4.69, 9.17) is 28.4 Å². The summed E-state index contributed by atoms with van der Waals surface area (Å²) in [6.07, 6.45) is 3.88. The Kier molecular flexibility index (Phi) is 11.1. The van der Waals surface area contributed by atoms with Gasteiger partial charge in [-0.3, -0.25) is 0 Å². The van der Waals surface area contributed by atoms with Crippen LogP contribution in [0.2, 0.25) is 0 Å². The first kappa shape index (κ1) is 36.5. The third-order valence-corrected chi connectivity index (χ3v) is 10.6. The molecule has 0 saturated heterocycles. The molecule has 54 heavy (non-hydrogen) atoms. The lowest BCUT2D eigenvalue weighted by Crippen LogP contribution is -2.06. The van der Waals surface area contributed by atoms with E-state index in [1.807, 2.05) is 0 Å². The fourth-order valence-corrected chi connectivity index (χ4v) is 8.30. The van der Waals surface area contributed by atoms with Crippen molar-refractivity contribution in [3.8, 4) is 34.5 Å². The Balaban J connectivity index is 1.41. The van der Waals surface area contributed by atoms with Gasteiger partial charge in [-0.05, 0) is 66.8 Å². The molecule has 6 nitrogen and oxygen atoms in total. The molecule has 1 aliphatic rings. The summed E-state index contributed by atoms with van der Waals surface area (Å²) < 4.78 is 36.9. The standard InChI is InChI=1S/C48H48O6/c1-49-43-31-13-7-14-32(43)26-34-16-9-18-36(45(34)51-3)28-38-20-11-22-40(47(38)53-5)30-42-24-12-23-41(48(42)54-6)29-39-21-10-19-37(46(39)52-4)27-35-17-8-15-33(25-31)44(35)50-2/h7-24H,25-30H2,1-6H3. The van der Waals surface area contributed by atoms with Crippen molar-refractivity contribution >= 4 is 0 Å². The molecule has 0 atom stereocenters. The molecule has 6 heteroatoms. The number of methoxy groups -OCH3 is 6. The van der Waals surface area contributed by atoms with Crippen molar-refractivity contribution in [3.63, 3.8) is 0 Å². The number of para-hydroxylation sites is 6. The van der Waals surface area contributed by atoms with E-state index in [9.17, 15) is 0 Å². The van der Waals surface area contributed by atoms with E-state index >= 15 is 0 Å². The summed E-state index contributed by atoms with van der Waals surface area (Å²) in [6.45, 7) is 0. The summed E-state index contributed by atoms with van der Waals surface area (Å²) in [6, 6.07) is 38.4. The van der Waals surface area contributed by atoms with E-state index in [2.05, 4.69) is 109 Å². The molecule has 0 aromatic heterocycles. The normalized spacial score (nSPS) is 12.6. The van der Waals surface area contributed by atoms with Crippen LogP contribution in [0.4, 0.5) is 0 Å². The monoisotopic (exact) mass is 720 g/mol. The van der Waals surface area contributed by atoms with Gasteiger partial charge < -0.3 is 28.4 Å². The van der Waals surface area contributed by atoms with Crippen LogP contribution in [0.25, 0.3) is 0 Å². The van der Waals surface area contributed by atoms with Crippen molar-refractivity contribution < 1.29 is 28.4 Å². The summed E-state index contributed by atoms with van der Waals surface area (Å²) >= 11 is 0. The number of benzene rings is 6. The van der Waals surface area contributed by atoms with Gasteiger partial charge in [-0.15, -0.1) is 0 Å². The average Bonchev–Trinajstić information content (AvgIpc) is 3.18. The van der Waals surface area contributed by atoms with Crippen molar-refractivity contribution in [2.24, 2.45) is 0 Å². The number of ether oxygens (including phenoxy) is 6. The molecule has 0 fully saturated rings. The summed E-state index contributed by atoms with van der Waals surface area (Å²) in [5, 5.41) is 0. The molecule has 0 unspecified atom stereocenters. The third-order valence-electron chi connectivity index (χ3n) is 10.6. The molecule has 0 heterocycles. The molecule has 0 amide bonds. The van der Waals surface area contributed by atoms with Crippen LogP contribution in [0.5, 0.6) is 34.5 Å². The van der Waals surface area contributed by atoms with Gasteiger partial charge in [0.05, 0.1) is 42.7 Å². The van der Waals surface area contributed by atoms with Gasteiger partial charge >= 0.3 is 0 Å². The summed E-state index contributed by atoms with van der Waals surface area (Å²) in [7, 11) is 10.5. The van der Waals surface area contributed by atoms with Crippen LogP contribution in [-0.4, -0.2) is 42.7 Å². The van der Waals surface area contributed by atoms with Crippen LogP contribution in [0.1, 0.15) is 66.8 Å². The van der Waals surface area contributed by atoms with Crippen molar-refractivity contribution in [1.29, 1.82) is 0 Å². The van der Waals surface area contributed by atoms with Gasteiger partial charge in [0.1, 0.15) is 34.5 Å². The molecule has 6 aromatic rings. The number of rotatable bonds is 6. The largest absolute Gasteiger partial charge is 0.496 e. The van der Waals surface area contributed by atoms with Crippen molar-refractivity contribution in [2.45, 2.75) is 38.5 Å². The second-order valence-corrected chi connectivity index (χ2v) is 13.7. The molecule has 12 bridgehead atoms. The molecule has 0 radical (unpaired) electrons. The predicted octanol–water partition coefficient (Wildman–Crippen LogP) is 9.60. The highest BCUT2D eigenvalue weighted by atomic mass is 16.5. The molecule has 1 aliphatic carbocycles. The van der Waals surface area contributed by atoms with E-state index < -0.39 is 0 Å². The van der Waals surface area contributed by atoms with Crippen LogP contribution in [-0.2, 0) is 38.5 Å². The topological polar surface area (TPSA) is 55.4 Å². The van der Waals surface area contributed by atoms with Gasteiger partial charge in [-0.25, -0.2) is 0 Å². The Morgan fingerprint density at radius 3 is 0.426 bits per heavy atom. The summed E-state index contributed by atoms with van der Waals surface area (Å²) in [5.41, 5.74) is 13.1. The second-order valence-electron chi connectivity index (χ2n) is 13.7. The maximum absolute atomic E-state index is 6.16. The number of hydrogen-bond acceptors (Lipinski definition) is 6. The van der Waals surface area contributed by atoms with Gasteiger partial charge in [0.25, 0.3) is 0 Å². The fourth-order valence-electron chi connectivity index (χ4n) is 8.30. The minimum absolute atomic E-state index is 0.647. The first-order valence-corrected chi connectivity index (χ1v) is 18.4. The van der Waals surface area contributed by atoms with Crippen LogP contribution in [0.15, 0.2) is 109 Å². The van der Waals surface area contributed by atoms with Crippen LogP contribution >= 0.6 is 0 Å². The summed E-state index contributed by atoms with van der Waals surface area (Å²) in [5.74, 6) is 5.22. The highest BCUT2D eigenvalue weighted by molar-refractivity contribution is 5.57. The Labute approximate surface area is 319 Å². The third kappa shape index (κ3) is 7.21. The van der Waals surface area contributed by atoms with E-state index in [1.165, 1.54) is 0 Å². The Morgan fingerprint density at radius 1 is 0.222 bits per heavy atom. The highest BCUT2D eigenvalue weighted by Gasteiger charge is 2.21. The van der Waals surface area contributed by atoms with Gasteiger partial charge in [0.15, 0.2) is 0 Å². The van der Waals surface area contributed by atoms with E-state index in [0.717, 1.165) is 101 Å². The lowest BCUT2D eigenvalue weighted by molar-refractivity contribution is 0.396. The predicted molar refractivity (Wildman–Crippen MR) is 215 cm³/mol. The highest BCUT2D eigenvalue weighted by Crippen LogP contribution is 2.39. The molecule has 0 N–H and O–H groups in total. The van der Waals surface area contributed by atoms with Crippen molar-refractivity contribution in [3.05, 3.63) is 176 Å². The van der Waals surface area contributed by atoms with Gasteiger partial charge in [-0.2, -0.15) is 0 Å². The van der Waals surface area contributed by atoms with E-state index in [-0.39, 0.29) is 0 Å². The minimum Gasteiger partial charge on any atom is -0.496 e. The molecular weight excluding hydrogens is 673 g/mol. The molecular formula is C48H48O6. The molecule has 0 saturated carbocycles. The van der Waals surface area contributed by atoms with Gasteiger partial charge in [-0.1, -0.05) is 109 Å². The second kappa shape index (κ2) is 16.4. The molecule has 276 valence electrons. The Hall–Kier alpha value is -5.88. The molecule has 7 rings (SSSR count). The van der Waals surface area contributed by atoms with Gasteiger partial charge in [0.2, 0.25) is 0 Å². The lowest BCUT2D eigenvalue weighted by atomic mass is 9.91. The lowest BCUT2D eigenvalue weighted by Gasteiger charge is -2.20. The Bertz CT molecular complexity index is 1740. The number of fused-ring (bicyclic) bond motifs is 12. The van der Waals surface area contributed by atoms with E-state index in [1.54, 1.807) is 42.7 Å². The minimum atomic E-state index is 0.647. The fraction of sp³-hybridized carbons (Fsp3) is 0.250.